The maximum Gasteiger partial charge on any atom is 0.255 e. The summed E-state index contributed by atoms with van der Waals surface area (Å²) in [6.45, 7) is 1.30. The van der Waals surface area contributed by atoms with Crippen LogP contribution in [0.2, 0.25) is 5.02 Å². The van der Waals surface area contributed by atoms with Crippen LogP contribution in [0.1, 0.15) is 16.8 Å². The molecular formula is C12H15BrClNO2. The van der Waals surface area contributed by atoms with Crippen LogP contribution >= 0.6 is 27.5 Å². The predicted molar refractivity (Wildman–Crippen MR) is 72.6 cm³/mol. The van der Waals surface area contributed by atoms with Gasteiger partial charge in [-0.2, -0.15) is 0 Å². The van der Waals surface area contributed by atoms with E-state index in [0.29, 0.717) is 23.7 Å². The number of ether oxygens (including phenoxy) is 1. The fraction of sp³-hybridized carbons (Fsp3) is 0.417. The number of amides is 1. The molecule has 94 valence electrons. The highest BCUT2D eigenvalue weighted by molar-refractivity contribution is 9.10. The van der Waals surface area contributed by atoms with Gasteiger partial charge in [0.25, 0.3) is 5.91 Å². The zero-order valence-corrected chi connectivity index (χ0v) is 12.2. The molecule has 0 bridgehead atoms. The van der Waals surface area contributed by atoms with E-state index in [1.165, 1.54) is 0 Å². The van der Waals surface area contributed by atoms with Gasteiger partial charge >= 0.3 is 0 Å². The van der Waals surface area contributed by atoms with Crippen LogP contribution in [0.25, 0.3) is 0 Å². The van der Waals surface area contributed by atoms with Crippen molar-refractivity contribution in [3.8, 4) is 0 Å². The van der Waals surface area contributed by atoms with Crippen molar-refractivity contribution in [1.29, 1.82) is 0 Å². The summed E-state index contributed by atoms with van der Waals surface area (Å²) in [5, 5.41) is 0.461. The third-order valence-electron chi connectivity index (χ3n) is 2.35. The Balaban J connectivity index is 2.68. The van der Waals surface area contributed by atoms with Gasteiger partial charge in [0.05, 0.1) is 10.6 Å². The molecule has 0 aromatic heterocycles. The summed E-state index contributed by atoms with van der Waals surface area (Å²) < 4.78 is 5.81. The number of hydrogen-bond donors (Lipinski definition) is 0. The average Bonchev–Trinajstić information content (AvgIpc) is 2.28. The van der Waals surface area contributed by atoms with Crippen LogP contribution in [-0.4, -0.2) is 38.1 Å². The second kappa shape index (κ2) is 6.99. The monoisotopic (exact) mass is 319 g/mol. The molecular weight excluding hydrogens is 305 g/mol. The quantitative estimate of drug-likeness (QED) is 0.780. The highest BCUT2D eigenvalue weighted by Gasteiger charge is 2.14. The summed E-state index contributed by atoms with van der Waals surface area (Å²) in [5.74, 6) is -0.0707. The molecule has 0 unspecified atom stereocenters. The van der Waals surface area contributed by atoms with Crippen molar-refractivity contribution >= 4 is 33.4 Å². The number of halogens is 2. The van der Waals surface area contributed by atoms with Gasteiger partial charge in [-0.25, -0.2) is 0 Å². The normalized spacial score (nSPS) is 10.4. The Morgan fingerprint density at radius 1 is 1.53 bits per heavy atom. The van der Waals surface area contributed by atoms with E-state index < -0.39 is 0 Å². The SMILES string of the molecule is COCCCN(C)C(=O)c1ccc(Br)cc1Cl. The first-order valence-corrected chi connectivity index (χ1v) is 6.43. The summed E-state index contributed by atoms with van der Waals surface area (Å²) in [6.07, 6.45) is 0.812. The lowest BCUT2D eigenvalue weighted by molar-refractivity contribution is 0.0779. The zero-order chi connectivity index (χ0) is 12.8. The molecule has 17 heavy (non-hydrogen) atoms. The van der Waals surface area contributed by atoms with Crippen molar-refractivity contribution in [2.45, 2.75) is 6.42 Å². The fourth-order valence-electron chi connectivity index (χ4n) is 1.42. The van der Waals surface area contributed by atoms with E-state index in [0.717, 1.165) is 10.9 Å². The first-order chi connectivity index (χ1) is 8.06. The number of benzene rings is 1. The molecule has 1 amide bonds. The van der Waals surface area contributed by atoms with Gasteiger partial charge in [-0.1, -0.05) is 27.5 Å². The van der Waals surface area contributed by atoms with Crippen LogP contribution < -0.4 is 0 Å². The minimum Gasteiger partial charge on any atom is -0.385 e. The molecule has 0 aliphatic rings. The van der Waals surface area contributed by atoms with Crippen molar-refractivity contribution in [3.05, 3.63) is 33.3 Å². The molecule has 0 atom stereocenters. The summed E-state index contributed by atoms with van der Waals surface area (Å²) in [4.78, 5) is 13.7. The van der Waals surface area contributed by atoms with E-state index in [4.69, 9.17) is 16.3 Å². The minimum atomic E-state index is -0.0707. The lowest BCUT2D eigenvalue weighted by Gasteiger charge is -2.17. The van der Waals surface area contributed by atoms with Crippen molar-refractivity contribution in [2.24, 2.45) is 0 Å². The summed E-state index contributed by atoms with van der Waals surface area (Å²) in [7, 11) is 3.41. The molecule has 0 saturated heterocycles. The van der Waals surface area contributed by atoms with Crippen molar-refractivity contribution in [1.82, 2.24) is 4.90 Å². The third kappa shape index (κ3) is 4.30. The molecule has 1 aromatic rings. The fourth-order valence-corrected chi connectivity index (χ4v) is 2.17. The van der Waals surface area contributed by atoms with E-state index in [1.54, 1.807) is 31.2 Å². The van der Waals surface area contributed by atoms with Gasteiger partial charge < -0.3 is 9.64 Å². The molecule has 0 N–H and O–H groups in total. The average molecular weight is 321 g/mol. The van der Waals surface area contributed by atoms with Crippen LogP contribution in [0.15, 0.2) is 22.7 Å². The predicted octanol–water partition coefficient (Wildman–Crippen LogP) is 3.21. The summed E-state index contributed by atoms with van der Waals surface area (Å²) in [5.41, 5.74) is 0.523. The number of rotatable bonds is 5. The second-order valence-corrected chi connectivity index (χ2v) is 5.02. The number of methoxy groups -OCH3 is 1. The number of carbonyl (C=O) groups excluding carboxylic acids is 1. The molecule has 0 spiro atoms. The van der Waals surface area contributed by atoms with Crippen molar-refractivity contribution in [2.75, 3.05) is 27.3 Å². The third-order valence-corrected chi connectivity index (χ3v) is 3.16. The Hall–Kier alpha value is -0.580. The number of hydrogen-bond acceptors (Lipinski definition) is 2. The number of nitrogens with zero attached hydrogens (tertiary/aromatic N) is 1. The van der Waals surface area contributed by atoms with Gasteiger partial charge in [0.1, 0.15) is 0 Å². The molecule has 1 aromatic carbocycles. The summed E-state index contributed by atoms with van der Waals surface area (Å²) in [6, 6.07) is 5.25. The molecule has 3 nitrogen and oxygen atoms in total. The minimum absolute atomic E-state index is 0.0707. The largest absolute Gasteiger partial charge is 0.385 e. The van der Waals surface area contributed by atoms with E-state index in [-0.39, 0.29) is 5.91 Å². The Morgan fingerprint density at radius 3 is 2.82 bits per heavy atom. The first-order valence-electron chi connectivity index (χ1n) is 5.25. The Bertz CT molecular complexity index is 398. The van der Waals surface area contributed by atoms with E-state index in [2.05, 4.69) is 15.9 Å². The highest BCUT2D eigenvalue weighted by Crippen LogP contribution is 2.22. The molecule has 0 radical (unpaired) electrons. The maximum absolute atomic E-state index is 12.1. The van der Waals surface area contributed by atoms with Gasteiger partial charge in [-0.15, -0.1) is 0 Å². The Kier molecular flexibility index (Phi) is 5.95. The number of carbonyl (C=O) groups is 1. The molecule has 0 heterocycles. The smallest absolute Gasteiger partial charge is 0.255 e. The Morgan fingerprint density at radius 2 is 2.24 bits per heavy atom. The summed E-state index contributed by atoms with van der Waals surface area (Å²) >= 11 is 9.34. The molecule has 0 fully saturated rings. The van der Waals surface area contributed by atoms with E-state index in [1.807, 2.05) is 6.07 Å². The van der Waals surface area contributed by atoms with Crippen LogP contribution in [-0.2, 0) is 4.74 Å². The van der Waals surface area contributed by atoms with Gasteiger partial charge in [-0.3, -0.25) is 4.79 Å². The molecule has 0 aliphatic heterocycles. The van der Waals surface area contributed by atoms with Crippen LogP contribution in [0.4, 0.5) is 0 Å². The van der Waals surface area contributed by atoms with Crippen molar-refractivity contribution < 1.29 is 9.53 Å². The standard InChI is InChI=1S/C12H15BrClNO2/c1-15(6-3-7-17-2)12(16)10-5-4-9(13)8-11(10)14/h4-5,8H,3,6-7H2,1-2H3. The molecule has 0 saturated carbocycles. The molecule has 0 aliphatic carbocycles. The highest BCUT2D eigenvalue weighted by atomic mass is 79.9. The lowest BCUT2D eigenvalue weighted by Crippen LogP contribution is -2.28. The molecule has 1 rings (SSSR count). The van der Waals surface area contributed by atoms with Gasteiger partial charge in [0.2, 0.25) is 0 Å². The maximum atomic E-state index is 12.1. The van der Waals surface area contributed by atoms with Crippen LogP contribution in [0.5, 0.6) is 0 Å². The van der Waals surface area contributed by atoms with Crippen LogP contribution in [0, 0.1) is 0 Å². The first kappa shape index (κ1) is 14.5. The lowest BCUT2D eigenvalue weighted by atomic mass is 10.2. The Labute approximate surface area is 115 Å². The van der Waals surface area contributed by atoms with Crippen molar-refractivity contribution in [3.63, 3.8) is 0 Å². The van der Waals surface area contributed by atoms with Gasteiger partial charge in [-0.05, 0) is 24.6 Å². The van der Waals surface area contributed by atoms with Gasteiger partial charge in [0.15, 0.2) is 0 Å². The van der Waals surface area contributed by atoms with Crippen LogP contribution in [0.3, 0.4) is 0 Å². The topological polar surface area (TPSA) is 29.5 Å². The molecule has 5 heteroatoms. The van der Waals surface area contributed by atoms with Gasteiger partial charge in [0, 0.05) is 31.8 Å². The zero-order valence-electron chi connectivity index (χ0n) is 9.87. The van der Waals surface area contributed by atoms with E-state index >= 15 is 0 Å². The van der Waals surface area contributed by atoms with E-state index in [9.17, 15) is 4.79 Å². The second-order valence-electron chi connectivity index (χ2n) is 3.70.